The molecule has 3 nitrogen and oxygen atoms in total. The van der Waals surface area contributed by atoms with Crippen molar-refractivity contribution in [3.63, 3.8) is 0 Å². The molecule has 1 fully saturated rings. The number of benzene rings is 1. The zero-order chi connectivity index (χ0) is 15.4. The van der Waals surface area contributed by atoms with E-state index in [0.717, 1.165) is 31.4 Å². The summed E-state index contributed by atoms with van der Waals surface area (Å²) in [6, 6.07) is 5.60. The van der Waals surface area contributed by atoms with Crippen molar-refractivity contribution in [1.82, 2.24) is 4.90 Å². The Labute approximate surface area is 136 Å². The predicted molar refractivity (Wildman–Crippen MR) is 87.8 cm³/mol. The highest BCUT2D eigenvalue weighted by molar-refractivity contribution is 6.35. The quantitative estimate of drug-likeness (QED) is 0.916. The van der Waals surface area contributed by atoms with Crippen LogP contribution in [0.4, 0.5) is 0 Å². The van der Waals surface area contributed by atoms with Crippen LogP contribution in [0.3, 0.4) is 0 Å². The molecule has 1 aliphatic heterocycles. The summed E-state index contributed by atoms with van der Waals surface area (Å²) in [4.78, 5) is 14.4. The lowest BCUT2D eigenvalue weighted by atomic mass is 9.96. The maximum Gasteiger partial charge on any atom is 0.223 e. The van der Waals surface area contributed by atoms with Crippen LogP contribution in [0.2, 0.25) is 10.0 Å². The Morgan fingerprint density at radius 1 is 1.43 bits per heavy atom. The third-order valence-electron chi connectivity index (χ3n) is 4.10. The van der Waals surface area contributed by atoms with Gasteiger partial charge in [-0.2, -0.15) is 0 Å². The van der Waals surface area contributed by atoms with Gasteiger partial charge in [0.25, 0.3) is 0 Å². The highest BCUT2D eigenvalue weighted by Crippen LogP contribution is 2.24. The standard InChI is InChI=1S/C16H22Cl2N2O/c1-11(19)15-4-2-3-9-20(15)16(21)8-6-12-5-7-13(17)10-14(12)18/h5,7,10-11,15H,2-4,6,8-9,19H2,1H3. The molecule has 1 heterocycles. The summed E-state index contributed by atoms with van der Waals surface area (Å²) < 4.78 is 0. The van der Waals surface area contributed by atoms with Gasteiger partial charge in [-0.25, -0.2) is 0 Å². The average molecular weight is 329 g/mol. The van der Waals surface area contributed by atoms with E-state index in [1.54, 1.807) is 12.1 Å². The number of hydrogen-bond acceptors (Lipinski definition) is 2. The first kappa shape index (κ1) is 16.6. The molecule has 5 heteroatoms. The molecule has 2 unspecified atom stereocenters. The van der Waals surface area contributed by atoms with Crippen LogP contribution in [-0.2, 0) is 11.2 Å². The van der Waals surface area contributed by atoms with Gasteiger partial charge in [0.15, 0.2) is 0 Å². The Balaban J connectivity index is 1.97. The van der Waals surface area contributed by atoms with Crippen LogP contribution >= 0.6 is 23.2 Å². The Hall–Kier alpha value is -0.770. The fourth-order valence-electron chi connectivity index (χ4n) is 2.92. The fourth-order valence-corrected chi connectivity index (χ4v) is 3.43. The summed E-state index contributed by atoms with van der Waals surface area (Å²) in [7, 11) is 0. The highest BCUT2D eigenvalue weighted by Gasteiger charge is 2.28. The van der Waals surface area contributed by atoms with Gasteiger partial charge in [-0.3, -0.25) is 4.79 Å². The summed E-state index contributed by atoms with van der Waals surface area (Å²) in [6.45, 7) is 2.80. The van der Waals surface area contributed by atoms with Gasteiger partial charge in [0.2, 0.25) is 5.91 Å². The van der Waals surface area contributed by atoms with Crippen LogP contribution in [0.25, 0.3) is 0 Å². The van der Waals surface area contributed by atoms with E-state index in [4.69, 9.17) is 28.9 Å². The van der Waals surface area contributed by atoms with E-state index in [1.807, 2.05) is 17.9 Å². The summed E-state index contributed by atoms with van der Waals surface area (Å²) in [5.74, 6) is 0.169. The molecular formula is C16H22Cl2N2O. The number of amides is 1. The second-order valence-electron chi connectivity index (χ2n) is 5.75. The second-order valence-corrected chi connectivity index (χ2v) is 6.59. The minimum absolute atomic E-state index is 0.0216. The van der Waals surface area contributed by atoms with E-state index in [2.05, 4.69) is 0 Å². The van der Waals surface area contributed by atoms with E-state index in [-0.39, 0.29) is 18.0 Å². The number of nitrogens with zero attached hydrogens (tertiary/aromatic N) is 1. The molecule has 1 saturated heterocycles. The van der Waals surface area contributed by atoms with Crippen LogP contribution < -0.4 is 5.73 Å². The number of piperidine rings is 1. The molecule has 0 radical (unpaired) electrons. The summed E-state index contributed by atoms with van der Waals surface area (Å²) in [6.07, 6.45) is 4.32. The third kappa shape index (κ3) is 4.35. The molecule has 2 atom stereocenters. The molecule has 0 aliphatic carbocycles. The van der Waals surface area contributed by atoms with Crippen molar-refractivity contribution in [3.8, 4) is 0 Å². The normalized spacial score (nSPS) is 20.4. The van der Waals surface area contributed by atoms with Crippen LogP contribution in [0, 0.1) is 0 Å². The molecule has 0 spiro atoms. The van der Waals surface area contributed by atoms with Crippen molar-refractivity contribution in [2.45, 2.75) is 51.1 Å². The molecule has 1 aliphatic rings. The van der Waals surface area contributed by atoms with Gasteiger partial charge in [0.05, 0.1) is 0 Å². The minimum Gasteiger partial charge on any atom is -0.338 e. The zero-order valence-electron chi connectivity index (χ0n) is 12.3. The van der Waals surface area contributed by atoms with E-state index in [1.165, 1.54) is 0 Å². The first-order valence-corrected chi connectivity index (χ1v) is 8.23. The lowest BCUT2D eigenvalue weighted by Crippen LogP contribution is -2.51. The van der Waals surface area contributed by atoms with Gasteiger partial charge in [0.1, 0.15) is 0 Å². The van der Waals surface area contributed by atoms with Crippen LogP contribution in [0.5, 0.6) is 0 Å². The zero-order valence-corrected chi connectivity index (χ0v) is 13.8. The number of nitrogens with two attached hydrogens (primary N) is 1. The third-order valence-corrected chi connectivity index (χ3v) is 4.69. The molecule has 0 bridgehead atoms. The summed E-state index contributed by atoms with van der Waals surface area (Å²) in [5.41, 5.74) is 6.98. The molecule has 21 heavy (non-hydrogen) atoms. The molecule has 1 aromatic rings. The van der Waals surface area contributed by atoms with Gasteiger partial charge >= 0.3 is 0 Å². The summed E-state index contributed by atoms with van der Waals surface area (Å²) >= 11 is 12.0. The van der Waals surface area contributed by atoms with Gasteiger partial charge in [0, 0.05) is 35.1 Å². The smallest absolute Gasteiger partial charge is 0.223 e. The van der Waals surface area contributed by atoms with Gasteiger partial charge < -0.3 is 10.6 Å². The van der Waals surface area contributed by atoms with E-state index in [0.29, 0.717) is 22.9 Å². The van der Waals surface area contributed by atoms with Crippen molar-refractivity contribution in [2.24, 2.45) is 5.73 Å². The van der Waals surface area contributed by atoms with Crippen LogP contribution in [-0.4, -0.2) is 29.4 Å². The Morgan fingerprint density at radius 2 is 2.19 bits per heavy atom. The van der Waals surface area contributed by atoms with Crippen molar-refractivity contribution < 1.29 is 4.79 Å². The lowest BCUT2D eigenvalue weighted by molar-refractivity contribution is -0.135. The number of carbonyl (C=O) groups excluding carboxylic acids is 1. The molecular weight excluding hydrogens is 307 g/mol. The molecule has 2 N–H and O–H groups in total. The minimum atomic E-state index is 0.0216. The van der Waals surface area contributed by atoms with Gasteiger partial charge in [-0.05, 0) is 50.3 Å². The Morgan fingerprint density at radius 3 is 2.86 bits per heavy atom. The van der Waals surface area contributed by atoms with E-state index >= 15 is 0 Å². The number of carbonyl (C=O) groups is 1. The van der Waals surface area contributed by atoms with Crippen molar-refractivity contribution in [1.29, 1.82) is 0 Å². The number of likely N-dealkylation sites (tertiary alicyclic amines) is 1. The largest absolute Gasteiger partial charge is 0.338 e. The number of hydrogen-bond donors (Lipinski definition) is 1. The lowest BCUT2D eigenvalue weighted by Gasteiger charge is -2.38. The Bertz CT molecular complexity index is 505. The van der Waals surface area contributed by atoms with Crippen molar-refractivity contribution in [2.75, 3.05) is 6.54 Å². The Kier molecular flexibility index (Phi) is 5.91. The number of halogens is 2. The van der Waals surface area contributed by atoms with E-state index in [9.17, 15) is 4.79 Å². The molecule has 2 rings (SSSR count). The molecule has 1 amide bonds. The average Bonchev–Trinajstić information content (AvgIpc) is 2.46. The topological polar surface area (TPSA) is 46.3 Å². The molecule has 0 saturated carbocycles. The number of aryl methyl sites for hydroxylation is 1. The predicted octanol–water partition coefficient (Wildman–Crippen LogP) is 3.65. The van der Waals surface area contributed by atoms with E-state index < -0.39 is 0 Å². The number of rotatable bonds is 4. The fraction of sp³-hybridized carbons (Fsp3) is 0.562. The monoisotopic (exact) mass is 328 g/mol. The van der Waals surface area contributed by atoms with Crippen LogP contribution in [0.1, 0.15) is 38.2 Å². The van der Waals surface area contributed by atoms with Gasteiger partial charge in [-0.15, -0.1) is 0 Å². The summed E-state index contributed by atoms with van der Waals surface area (Å²) in [5, 5.41) is 1.24. The highest BCUT2D eigenvalue weighted by atomic mass is 35.5. The first-order chi connectivity index (χ1) is 9.99. The van der Waals surface area contributed by atoms with Gasteiger partial charge in [-0.1, -0.05) is 29.3 Å². The van der Waals surface area contributed by atoms with Crippen molar-refractivity contribution >= 4 is 29.1 Å². The SMILES string of the molecule is CC(N)C1CCCCN1C(=O)CCc1ccc(Cl)cc1Cl. The second kappa shape index (κ2) is 7.48. The molecule has 1 aromatic carbocycles. The molecule has 0 aromatic heterocycles. The molecule has 116 valence electrons. The first-order valence-electron chi connectivity index (χ1n) is 7.48. The maximum absolute atomic E-state index is 12.5. The maximum atomic E-state index is 12.5. The van der Waals surface area contributed by atoms with Crippen molar-refractivity contribution in [3.05, 3.63) is 33.8 Å². The van der Waals surface area contributed by atoms with Crippen LogP contribution in [0.15, 0.2) is 18.2 Å².